The zero-order valence-electron chi connectivity index (χ0n) is 13.2. The van der Waals surface area contributed by atoms with Crippen LogP contribution in [0, 0.1) is 12.8 Å². The quantitative estimate of drug-likeness (QED) is 0.646. The topological polar surface area (TPSA) is 98.7 Å². The Morgan fingerprint density at radius 1 is 1.29 bits per heavy atom. The van der Waals surface area contributed by atoms with Crippen molar-refractivity contribution in [1.82, 2.24) is 15.5 Å². The summed E-state index contributed by atoms with van der Waals surface area (Å²) in [6.45, 7) is 3.00. The van der Waals surface area contributed by atoms with Gasteiger partial charge in [0.25, 0.3) is 11.8 Å². The van der Waals surface area contributed by atoms with E-state index in [4.69, 9.17) is 0 Å². The number of benzene rings is 1. The third kappa shape index (κ3) is 3.43. The summed E-state index contributed by atoms with van der Waals surface area (Å²) in [6.07, 6.45) is -0.488. The first-order chi connectivity index (χ1) is 11.0. The molecule has 0 aromatic heterocycles. The Morgan fingerprint density at radius 3 is 2.67 bits per heavy atom. The van der Waals surface area contributed by atoms with Crippen LogP contribution in [0.4, 0.5) is 0 Å². The molecular weight excluding hydrogens is 334 g/mol. The maximum Gasteiger partial charge on any atom is 0.262 e. The molecular formula is C16H20ClN3O4. The van der Waals surface area contributed by atoms with E-state index in [9.17, 15) is 19.5 Å². The van der Waals surface area contributed by atoms with Gasteiger partial charge in [-0.05, 0) is 19.1 Å². The molecule has 2 unspecified atom stereocenters. The van der Waals surface area contributed by atoms with E-state index < -0.39 is 23.8 Å². The maximum absolute atomic E-state index is 12.3. The predicted molar refractivity (Wildman–Crippen MR) is 89.2 cm³/mol. The van der Waals surface area contributed by atoms with Crippen LogP contribution in [0.3, 0.4) is 0 Å². The van der Waals surface area contributed by atoms with E-state index >= 15 is 0 Å². The number of hydrogen-bond donors (Lipinski definition) is 3. The first kappa shape index (κ1) is 18.4. The monoisotopic (exact) mass is 353 g/mol. The molecule has 1 aromatic carbocycles. The molecule has 0 radical (unpaired) electrons. The smallest absolute Gasteiger partial charge is 0.262 e. The van der Waals surface area contributed by atoms with Crippen molar-refractivity contribution in [3.8, 4) is 0 Å². The number of amides is 3. The molecule has 3 rings (SSSR count). The van der Waals surface area contributed by atoms with Gasteiger partial charge in [0.15, 0.2) is 0 Å². The van der Waals surface area contributed by atoms with Crippen molar-refractivity contribution in [1.29, 1.82) is 0 Å². The van der Waals surface area contributed by atoms with Crippen LogP contribution in [0.25, 0.3) is 0 Å². The Bertz CT molecular complexity index is 679. The van der Waals surface area contributed by atoms with Crippen LogP contribution >= 0.6 is 12.4 Å². The van der Waals surface area contributed by atoms with Crippen LogP contribution in [-0.2, 0) is 4.79 Å². The number of nitrogens with zero attached hydrogens (tertiary/aromatic N) is 1. The van der Waals surface area contributed by atoms with Crippen molar-refractivity contribution in [3.63, 3.8) is 0 Å². The zero-order chi connectivity index (χ0) is 16.6. The molecule has 7 nitrogen and oxygen atoms in total. The van der Waals surface area contributed by atoms with E-state index in [0.29, 0.717) is 30.8 Å². The van der Waals surface area contributed by atoms with Crippen molar-refractivity contribution in [3.05, 3.63) is 34.9 Å². The molecule has 0 aliphatic carbocycles. The lowest BCUT2D eigenvalue weighted by molar-refractivity contribution is -0.121. The van der Waals surface area contributed by atoms with Crippen LogP contribution in [0.2, 0.25) is 0 Å². The molecule has 2 aliphatic heterocycles. The summed E-state index contributed by atoms with van der Waals surface area (Å²) in [5.74, 6) is -1.34. The normalized spacial score (nSPS) is 22.3. The molecule has 3 N–H and O–H groups in total. The van der Waals surface area contributed by atoms with Gasteiger partial charge in [-0.3, -0.25) is 19.3 Å². The fourth-order valence-electron chi connectivity index (χ4n) is 2.92. The minimum absolute atomic E-state index is 0. The molecule has 1 aromatic rings. The number of carbonyl (C=O) groups is 3. The van der Waals surface area contributed by atoms with Gasteiger partial charge in [-0.15, -0.1) is 12.4 Å². The largest absolute Gasteiger partial charge is 0.391 e. The van der Waals surface area contributed by atoms with Crippen LogP contribution < -0.4 is 10.6 Å². The van der Waals surface area contributed by atoms with Crippen molar-refractivity contribution in [2.24, 2.45) is 5.92 Å². The second-order valence-electron chi connectivity index (χ2n) is 6.04. The van der Waals surface area contributed by atoms with Gasteiger partial charge < -0.3 is 15.7 Å². The van der Waals surface area contributed by atoms with Crippen LogP contribution in [0.5, 0.6) is 0 Å². The molecule has 3 amide bonds. The molecule has 1 saturated heterocycles. The van der Waals surface area contributed by atoms with Crippen LogP contribution in [-0.4, -0.2) is 60.0 Å². The lowest BCUT2D eigenvalue weighted by Gasteiger charge is -2.17. The average Bonchev–Trinajstić information content (AvgIpc) is 3.02. The number of nitrogens with one attached hydrogen (secondary N) is 2. The summed E-state index contributed by atoms with van der Waals surface area (Å²) in [5.41, 5.74) is 1.57. The summed E-state index contributed by atoms with van der Waals surface area (Å²) in [6, 6.07) is 5.04. The number of aliphatic hydroxyl groups is 1. The second-order valence-corrected chi connectivity index (χ2v) is 6.04. The van der Waals surface area contributed by atoms with E-state index in [-0.39, 0.29) is 24.9 Å². The van der Waals surface area contributed by atoms with Crippen LogP contribution in [0.15, 0.2) is 18.2 Å². The summed E-state index contributed by atoms with van der Waals surface area (Å²) in [5, 5.41) is 15.4. The highest BCUT2D eigenvalue weighted by Gasteiger charge is 2.36. The predicted octanol–water partition coefficient (Wildman–Crippen LogP) is -0.291. The Balaban J connectivity index is 0.00000208. The van der Waals surface area contributed by atoms with Crippen molar-refractivity contribution >= 4 is 30.1 Å². The van der Waals surface area contributed by atoms with Gasteiger partial charge in [0.1, 0.15) is 6.54 Å². The Morgan fingerprint density at radius 2 is 2.00 bits per heavy atom. The minimum Gasteiger partial charge on any atom is -0.391 e. The summed E-state index contributed by atoms with van der Waals surface area (Å²) in [7, 11) is 0. The van der Waals surface area contributed by atoms with Crippen LogP contribution in [0.1, 0.15) is 26.3 Å². The van der Waals surface area contributed by atoms with E-state index in [1.165, 1.54) is 0 Å². The van der Waals surface area contributed by atoms with E-state index in [1.54, 1.807) is 18.2 Å². The van der Waals surface area contributed by atoms with Gasteiger partial charge in [-0.2, -0.15) is 0 Å². The highest BCUT2D eigenvalue weighted by molar-refractivity contribution is 6.22. The molecule has 1 fully saturated rings. The number of rotatable bonds is 4. The zero-order valence-corrected chi connectivity index (χ0v) is 14.1. The van der Waals surface area contributed by atoms with Crippen molar-refractivity contribution in [2.75, 3.05) is 26.2 Å². The maximum atomic E-state index is 12.3. The average molecular weight is 354 g/mol. The van der Waals surface area contributed by atoms with Gasteiger partial charge in [0, 0.05) is 25.6 Å². The van der Waals surface area contributed by atoms with Gasteiger partial charge in [0.05, 0.1) is 17.2 Å². The standard InChI is InChI=1S/C16H19N3O4.ClH/c1-9-2-3-11-12(4-9)16(23)19(15(11)22)8-14(21)18-6-10-5-17-7-13(10)20;/h2-4,10,13,17,20H,5-8H2,1H3,(H,18,21);1H. The Kier molecular flexibility index (Phi) is 5.58. The number of halogens is 1. The molecule has 2 heterocycles. The lowest BCUT2D eigenvalue weighted by atomic mass is 10.1. The number of β-amino-alcohol motifs (C(OH)–C–C–N with tert-alkyl or cyclic N) is 1. The molecule has 0 bridgehead atoms. The summed E-state index contributed by atoms with van der Waals surface area (Å²) < 4.78 is 0. The molecule has 0 saturated carbocycles. The molecule has 2 atom stereocenters. The fraction of sp³-hybridized carbons (Fsp3) is 0.438. The highest BCUT2D eigenvalue weighted by Crippen LogP contribution is 2.23. The van der Waals surface area contributed by atoms with E-state index in [2.05, 4.69) is 10.6 Å². The number of imide groups is 1. The molecule has 8 heteroatoms. The fourth-order valence-corrected chi connectivity index (χ4v) is 2.92. The van der Waals surface area contributed by atoms with E-state index in [0.717, 1.165) is 10.5 Å². The van der Waals surface area contributed by atoms with Gasteiger partial charge in [-0.25, -0.2) is 0 Å². The lowest BCUT2D eigenvalue weighted by Crippen LogP contribution is -2.42. The first-order valence-electron chi connectivity index (χ1n) is 7.59. The highest BCUT2D eigenvalue weighted by atomic mass is 35.5. The minimum atomic E-state index is -0.488. The second kappa shape index (κ2) is 7.29. The number of aryl methyl sites for hydroxylation is 1. The number of fused-ring (bicyclic) bond motifs is 1. The molecule has 2 aliphatic rings. The number of carbonyl (C=O) groups excluding carboxylic acids is 3. The molecule has 130 valence electrons. The Labute approximate surface area is 145 Å². The van der Waals surface area contributed by atoms with Gasteiger partial charge >= 0.3 is 0 Å². The van der Waals surface area contributed by atoms with Crippen molar-refractivity contribution < 1.29 is 19.5 Å². The van der Waals surface area contributed by atoms with Gasteiger partial charge in [0.2, 0.25) is 5.91 Å². The third-order valence-electron chi connectivity index (χ3n) is 4.29. The van der Waals surface area contributed by atoms with Crippen molar-refractivity contribution in [2.45, 2.75) is 13.0 Å². The summed E-state index contributed by atoms with van der Waals surface area (Å²) in [4.78, 5) is 37.5. The number of aliphatic hydroxyl groups excluding tert-OH is 1. The SMILES string of the molecule is Cc1ccc2c(c1)C(=O)N(CC(=O)NCC1CNCC1O)C2=O.Cl. The first-order valence-corrected chi connectivity index (χ1v) is 7.59. The molecule has 0 spiro atoms. The Hall–Kier alpha value is -1.96. The third-order valence-corrected chi connectivity index (χ3v) is 4.29. The number of hydrogen-bond acceptors (Lipinski definition) is 5. The van der Waals surface area contributed by atoms with E-state index in [1.807, 2.05) is 6.92 Å². The summed E-state index contributed by atoms with van der Waals surface area (Å²) >= 11 is 0. The van der Waals surface area contributed by atoms with Gasteiger partial charge in [-0.1, -0.05) is 11.6 Å². The molecule has 24 heavy (non-hydrogen) atoms.